The summed E-state index contributed by atoms with van der Waals surface area (Å²) in [4.78, 5) is 0.522. The minimum absolute atomic E-state index is 0.0334. The fourth-order valence-electron chi connectivity index (χ4n) is 3.66. The van der Waals surface area contributed by atoms with Gasteiger partial charge >= 0.3 is 0 Å². The summed E-state index contributed by atoms with van der Waals surface area (Å²) >= 11 is 0. The van der Waals surface area contributed by atoms with Crippen molar-refractivity contribution in [2.45, 2.75) is 50.1 Å². The Kier molecular flexibility index (Phi) is 3.63. The van der Waals surface area contributed by atoms with E-state index < -0.39 is 9.84 Å². The van der Waals surface area contributed by atoms with Crippen LogP contribution >= 0.6 is 0 Å². The molecule has 1 aliphatic carbocycles. The number of rotatable bonds is 2. The minimum Gasteiger partial charge on any atom is -0.306 e. The predicted octanol–water partition coefficient (Wildman–Crippen LogP) is 2.93. The maximum atomic E-state index is 12.2. The van der Waals surface area contributed by atoms with Crippen LogP contribution in [0.1, 0.15) is 44.7 Å². The fraction of sp³-hybridized carbons (Fsp3) is 0.625. The zero-order valence-corrected chi connectivity index (χ0v) is 13.0. The summed E-state index contributed by atoms with van der Waals surface area (Å²) in [6.45, 7) is 4.59. The highest BCUT2D eigenvalue weighted by Gasteiger charge is 2.37. The van der Waals surface area contributed by atoms with Gasteiger partial charge in [0.05, 0.1) is 10.6 Å². The van der Waals surface area contributed by atoms with E-state index in [9.17, 15) is 8.42 Å². The second-order valence-corrected chi connectivity index (χ2v) is 8.41. The predicted molar refractivity (Wildman–Crippen MR) is 80.3 cm³/mol. The fourth-order valence-corrected chi connectivity index (χ4v) is 5.41. The number of fused-ring (bicyclic) bond motifs is 1. The third-order valence-electron chi connectivity index (χ3n) is 5.14. The van der Waals surface area contributed by atoms with Crippen LogP contribution < -0.4 is 5.32 Å². The van der Waals surface area contributed by atoms with Crippen molar-refractivity contribution >= 4 is 9.84 Å². The quantitative estimate of drug-likeness (QED) is 0.912. The van der Waals surface area contributed by atoms with Gasteiger partial charge in [0.25, 0.3) is 0 Å². The molecule has 0 spiro atoms. The normalized spacial score (nSPS) is 35.7. The van der Waals surface area contributed by atoms with Crippen molar-refractivity contribution in [1.29, 1.82) is 0 Å². The molecule has 1 heterocycles. The maximum Gasteiger partial charge on any atom is 0.180 e. The van der Waals surface area contributed by atoms with Crippen LogP contribution in [0.15, 0.2) is 29.2 Å². The largest absolute Gasteiger partial charge is 0.306 e. The van der Waals surface area contributed by atoms with Crippen molar-refractivity contribution in [3.05, 3.63) is 29.8 Å². The molecule has 0 bridgehead atoms. The summed E-state index contributed by atoms with van der Waals surface area (Å²) in [6, 6.07) is 7.83. The lowest BCUT2D eigenvalue weighted by atomic mass is 9.77. The summed E-state index contributed by atoms with van der Waals surface area (Å²) in [6.07, 6.45) is 3.69. The zero-order valence-electron chi connectivity index (χ0n) is 12.2. The molecule has 4 unspecified atom stereocenters. The highest BCUT2D eigenvalue weighted by molar-refractivity contribution is 7.91. The number of hydrogen-bond acceptors (Lipinski definition) is 3. The van der Waals surface area contributed by atoms with Crippen molar-refractivity contribution < 1.29 is 8.42 Å². The highest BCUT2D eigenvalue weighted by atomic mass is 32.2. The Balaban J connectivity index is 1.83. The van der Waals surface area contributed by atoms with Crippen LogP contribution in [0.5, 0.6) is 0 Å². The first kappa shape index (κ1) is 14.1. The van der Waals surface area contributed by atoms with E-state index in [1.165, 1.54) is 12.8 Å². The van der Waals surface area contributed by atoms with Crippen molar-refractivity contribution in [3.8, 4) is 0 Å². The van der Waals surface area contributed by atoms with Crippen LogP contribution in [0.25, 0.3) is 0 Å². The SMILES string of the molecule is CC1CCCC(NC2CS(=O)(=O)c3ccccc32)C1C. The molecule has 4 heteroatoms. The van der Waals surface area contributed by atoms with E-state index in [4.69, 9.17) is 0 Å². The van der Waals surface area contributed by atoms with Crippen LogP contribution in [-0.2, 0) is 9.84 Å². The van der Waals surface area contributed by atoms with Crippen molar-refractivity contribution in [2.24, 2.45) is 11.8 Å². The minimum atomic E-state index is -3.10. The summed E-state index contributed by atoms with van der Waals surface area (Å²) in [7, 11) is -3.10. The average molecular weight is 293 g/mol. The van der Waals surface area contributed by atoms with E-state index in [0.29, 0.717) is 16.9 Å². The molecule has 0 aromatic heterocycles. The van der Waals surface area contributed by atoms with Gasteiger partial charge in [0.15, 0.2) is 9.84 Å². The Hall–Kier alpha value is -0.870. The van der Waals surface area contributed by atoms with E-state index in [0.717, 1.165) is 17.9 Å². The molecule has 0 amide bonds. The molecular formula is C16H23NO2S. The van der Waals surface area contributed by atoms with Gasteiger partial charge in [-0.05, 0) is 29.9 Å². The van der Waals surface area contributed by atoms with Gasteiger partial charge in [0, 0.05) is 12.1 Å². The Bertz CT molecular complexity index is 596. The lowest BCUT2D eigenvalue weighted by Gasteiger charge is -2.36. The van der Waals surface area contributed by atoms with Gasteiger partial charge in [-0.2, -0.15) is 0 Å². The van der Waals surface area contributed by atoms with E-state index in [1.54, 1.807) is 6.07 Å². The van der Waals surface area contributed by atoms with Crippen LogP contribution in [0.4, 0.5) is 0 Å². The average Bonchev–Trinajstić information content (AvgIpc) is 2.67. The second kappa shape index (κ2) is 5.15. The zero-order chi connectivity index (χ0) is 14.3. The molecule has 0 radical (unpaired) electrons. The first-order valence-electron chi connectivity index (χ1n) is 7.57. The Morgan fingerprint density at radius 2 is 1.90 bits per heavy atom. The van der Waals surface area contributed by atoms with Gasteiger partial charge in [0.2, 0.25) is 0 Å². The van der Waals surface area contributed by atoms with Crippen LogP contribution in [0.2, 0.25) is 0 Å². The molecule has 1 N–H and O–H groups in total. The van der Waals surface area contributed by atoms with Gasteiger partial charge in [-0.25, -0.2) is 8.42 Å². The van der Waals surface area contributed by atoms with Gasteiger partial charge in [-0.3, -0.25) is 0 Å². The number of sulfone groups is 1. The van der Waals surface area contributed by atoms with E-state index in [-0.39, 0.29) is 11.8 Å². The molecular weight excluding hydrogens is 270 g/mol. The van der Waals surface area contributed by atoms with E-state index in [2.05, 4.69) is 19.2 Å². The summed E-state index contributed by atoms with van der Waals surface area (Å²) in [5.74, 6) is 1.54. The van der Waals surface area contributed by atoms with Gasteiger partial charge in [-0.15, -0.1) is 0 Å². The lowest BCUT2D eigenvalue weighted by molar-refractivity contribution is 0.197. The molecule has 3 nitrogen and oxygen atoms in total. The molecule has 1 aliphatic heterocycles. The molecule has 1 aromatic rings. The number of nitrogens with one attached hydrogen (secondary N) is 1. The van der Waals surface area contributed by atoms with Gasteiger partial charge in [-0.1, -0.05) is 44.9 Å². The first-order chi connectivity index (χ1) is 9.49. The Morgan fingerprint density at radius 1 is 1.15 bits per heavy atom. The number of hydrogen-bond donors (Lipinski definition) is 1. The summed E-state index contributed by atoms with van der Waals surface area (Å²) in [5, 5.41) is 3.63. The molecule has 110 valence electrons. The Labute approximate surface area is 121 Å². The van der Waals surface area contributed by atoms with Gasteiger partial charge < -0.3 is 5.32 Å². The molecule has 3 rings (SSSR count). The smallest absolute Gasteiger partial charge is 0.180 e. The lowest BCUT2D eigenvalue weighted by Crippen LogP contribution is -2.42. The molecule has 1 aromatic carbocycles. The monoisotopic (exact) mass is 293 g/mol. The summed E-state index contributed by atoms with van der Waals surface area (Å²) < 4.78 is 24.4. The van der Waals surface area contributed by atoms with Crippen LogP contribution in [-0.4, -0.2) is 20.2 Å². The first-order valence-corrected chi connectivity index (χ1v) is 9.22. The third kappa shape index (κ3) is 2.40. The number of benzene rings is 1. The van der Waals surface area contributed by atoms with E-state index >= 15 is 0 Å². The van der Waals surface area contributed by atoms with Crippen molar-refractivity contribution in [2.75, 3.05) is 5.75 Å². The second-order valence-electron chi connectivity index (χ2n) is 6.41. The molecule has 20 heavy (non-hydrogen) atoms. The standard InChI is InChI=1S/C16H23NO2S/c1-11-6-5-8-14(12(11)2)17-15-10-20(18,19)16-9-4-3-7-13(15)16/h3-4,7,9,11-12,14-15,17H,5-6,8,10H2,1-2H3. The molecule has 4 atom stereocenters. The topological polar surface area (TPSA) is 46.2 Å². The molecule has 1 saturated carbocycles. The van der Waals surface area contributed by atoms with Crippen LogP contribution in [0, 0.1) is 11.8 Å². The molecule has 0 saturated heterocycles. The molecule has 2 aliphatic rings. The van der Waals surface area contributed by atoms with Crippen molar-refractivity contribution in [3.63, 3.8) is 0 Å². The van der Waals surface area contributed by atoms with Crippen molar-refractivity contribution in [1.82, 2.24) is 5.32 Å². The van der Waals surface area contributed by atoms with Gasteiger partial charge in [0.1, 0.15) is 0 Å². The maximum absolute atomic E-state index is 12.2. The third-order valence-corrected chi connectivity index (χ3v) is 6.95. The van der Waals surface area contributed by atoms with Crippen LogP contribution in [0.3, 0.4) is 0 Å². The summed E-state index contributed by atoms with van der Waals surface area (Å²) in [5.41, 5.74) is 0.956. The van der Waals surface area contributed by atoms with E-state index in [1.807, 2.05) is 18.2 Å². The Morgan fingerprint density at radius 3 is 2.70 bits per heavy atom. The highest BCUT2D eigenvalue weighted by Crippen LogP contribution is 2.36. The molecule has 1 fully saturated rings.